The van der Waals surface area contributed by atoms with Crippen molar-refractivity contribution < 1.29 is 4.39 Å². The van der Waals surface area contributed by atoms with E-state index in [1.807, 2.05) is 24.3 Å². The van der Waals surface area contributed by atoms with Crippen LogP contribution in [-0.2, 0) is 0 Å². The van der Waals surface area contributed by atoms with Crippen molar-refractivity contribution in [3.05, 3.63) is 193 Å². The van der Waals surface area contributed by atoms with E-state index in [9.17, 15) is 9.65 Å². The predicted molar refractivity (Wildman–Crippen MR) is 216 cm³/mol. The summed E-state index contributed by atoms with van der Waals surface area (Å²) >= 11 is 0. The molecular weight excluding hydrogens is 650 g/mol. The van der Waals surface area contributed by atoms with Gasteiger partial charge in [0.05, 0.1) is 33.4 Å². The fourth-order valence-corrected chi connectivity index (χ4v) is 7.97. The van der Waals surface area contributed by atoms with Crippen molar-refractivity contribution in [1.29, 1.82) is 5.26 Å². The molecule has 0 aliphatic carbocycles. The predicted octanol–water partition coefficient (Wildman–Crippen LogP) is 12.9. The summed E-state index contributed by atoms with van der Waals surface area (Å²) in [4.78, 5) is 0. The molecule has 0 fully saturated rings. The van der Waals surface area contributed by atoms with E-state index < -0.39 is 0 Å². The molecule has 248 valence electrons. The zero-order valence-electron chi connectivity index (χ0n) is 28.5. The molecule has 8 aromatic carbocycles. The van der Waals surface area contributed by atoms with Gasteiger partial charge in [0.15, 0.2) is 0 Å². The van der Waals surface area contributed by atoms with Crippen molar-refractivity contribution in [3.63, 3.8) is 0 Å². The third-order valence-electron chi connectivity index (χ3n) is 10.4. The van der Waals surface area contributed by atoms with Gasteiger partial charge in [-0.15, -0.1) is 0 Å². The molecule has 0 aliphatic heterocycles. The molecule has 10 aromatic rings. The molecular formula is C49H30FN3. The van der Waals surface area contributed by atoms with Gasteiger partial charge in [-0.25, -0.2) is 4.39 Å². The number of nitrogens with zero attached hydrogens (tertiary/aromatic N) is 3. The van der Waals surface area contributed by atoms with Gasteiger partial charge < -0.3 is 9.13 Å². The van der Waals surface area contributed by atoms with Gasteiger partial charge in [0.25, 0.3) is 0 Å². The van der Waals surface area contributed by atoms with Gasteiger partial charge in [0.2, 0.25) is 0 Å². The first-order chi connectivity index (χ1) is 26.2. The van der Waals surface area contributed by atoms with Crippen LogP contribution in [0.25, 0.3) is 88.4 Å². The second kappa shape index (κ2) is 12.2. The summed E-state index contributed by atoms with van der Waals surface area (Å²) in [5.41, 5.74) is 12.3. The van der Waals surface area contributed by atoms with Crippen LogP contribution in [0.3, 0.4) is 0 Å². The average Bonchev–Trinajstić information content (AvgIpc) is 3.73. The van der Waals surface area contributed by atoms with Crippen LogP contribution >= 0.6 is 0 Å². The maximum atomic E-state index is 14.3. The van der Waals surface area contributed by atoms with E-state index in [4.69, 9.17) is 0 Å². The fraction of sp³-hybridized carbons (Fsp3) is 0. The lowest BCUT2D eigenvalue weighted by Crippen LogP contribution is -2.05. The second-order valence-corrected chi connectivity index (χ2v) is 13.4. The summed E-state index contributed by atoms with van der Waals surface area (Å²) < 4.78 is 18.7. The van der Waals surface area contributed by atoms with E-state index in [1.54, 1.807) is 12.1 Å². The van der Waals surface area contributed by atoms with E-state index in [1.165, 1.54) is 12.1 Å². The van der Waals surface area contributed by atoms with Crippen molar-refractivity contribution in [2.45, 2.75) is 0 Å². The largest absolute Gasteiger partial charge is 0.308 e. The van der Waals surface area contributed by atoms with E-state index in [0.29, 0.717) is 5.56 Å². The molecule has 0 aliphatic rings. The van der Waals surface area contributed by atoms with Gasteiger partial charge in [-0.05, 0) is 94.0 Å². The molecule has 3 nitrogen and oxygen atoms in total. The molecule has 0 N–H and O–H groups in total. The minimum atomic E-state index is -0.295. The Hall–Kier alpha value is -7.22. The first-order valence-corrected chi connectivity index (χ1v) is 17.7. The number of hydrogen-bond donors (Lipinski definition) is 0. The number of benzene rings is 8. The Morgan fingerprint density at radius 3 is 1.23 bits per heavy atom. The van der Waals surface area contributed by atoms with Gasteiger partial charge in [0.1, 0.15) is 17.4 Å². The number of halogens is 1. The molecule has 0 saturated carbocycles. The smallest absolute Gasteiger partial charge is 0.123 e. The third-order valence-corrected chi connectivity index (χ3v) is 10.4. The SMILES string of the molecule is N#Cc1c(-n2c3ccccc3c3cc(-c4ccccc4)ccc32)cc(-c2ccc(F)cc2)cc1-n1c2ccccc2c2cc(-c3ccccc3)ccc21. The highest BCUT2D eigenvalue weighted by atomic mass is 19.1. The van der Waals surface area contributed by atoms with Crippen LogP contribution in [0.2, 0.25) is 0 Å². The summed E-state index contributed by atoms with van der Waals surface area (Å²) in [6, 6.07) is 64.1. The summed E-state index contributed by atoms with van der Waals surface area (Å²) in [6.45, 7) is 0. The van der Waals surface area contributed by atoms with E-state index in [-0.39, 0.29) is 5.82 Å². The topological polar surface area (TPSA) is 33.6 Å². The van der Waals surface area contributed by atoms with Crippen molar-refractivity contribution >= 4 is 43.6 Å². The number of rotatable bonds is 5. The van der Waals surface area contributed by atoms with Crippen molar-refractivity contribution in [1.82, 2.24) is 9.13 Å². The third kappa shape index (κ3) is 4.94. The minimum Gasteiger partial charge on any atom is -0.308 e. The fourth-order valence-electron chi connectivity index (χ4n) is 7.97. The summed E-state index contributed by atoms with van der Waals surface area (Å²) in [7, 11) is 0. The molecule has 0 radical (unpaired) electrons. The van der Waals surface area contributed by atoms with E-state index >= 15 is 0 Å². The van der Waals surface area contributed by atoms with Gasteiger partial charge >= 0.3 is 0 Å². The minimum absolute atomic E-state index is 0.295. The van der Waals surface area contributed by atoms with Crippen LogP contribution in [0.4, 0.5) is 4.39 Å². The first kappa shape index (κ1) is 30.6. The highest BCUT2D eigenvalue weighted by Crippen LogP contribution is 2.41. The van der Waals surface area contributed by atoms with Crippen LogP contribution in [0.15, 0.2) is 182 Å². The van der Waals surface area contributed by atoms with Gasteiger partial charge in [-0.2, -0.15) is 5.26 Å². The van der Waals surface area contributed by atoms with Crippen molar-refractivity contribution in [2.24, 2.45) is 0 Å². The molecule has 4 heteroatoms. The van der Waals surface area contributed by atoms with Crippen LogP contribution in [0.5, 0.6) is 0 Å². The van der Waals surface area contributed by atoms with Crippen LogP contribution in [0.1, 0.15) is 5.56 Å². The highest BCUT2D eigenvalue weighted by Gasteiger charge is 2.23. The Kier molecular flexibility index (Phi) is 7.06. The quantitative estimate of drug-likeness (QED) is 0.178. The zero-order chi connectivity index (χ0) is 35.5. The van der Waals surface area contributed by atoms with Crippen LogP contribution in [-0.4, -0.2) is 9.13 Å². The molecule has 0 saturated heterocycles. The Morgan fingerprint density at radius 2 is 0.755 bits per heavy atom. The molecule has 0 spiro atoms. The molecule has 0 amide bonds. The molecule has 0 atom stereocenters. The Labute approximate surface area is 305 Å². The average molecular weight is 680 g/mol. The van der Waals surface area contributed by atoms with E-state index in [0.717, 1.165) is 88.4 Å². The monoisotopic (exact) mass is 679 g/mol. The lowest BCUT2D eigenvalue weighted by Gasteiger charge is -2.18. The summed E-state index contributed by atoms with van der Waals surface area (Å²) in [5.74, 6) is -0.295. The maximum absolute atomic E-state index is 14.3. The Balaban J connectivity index is 1.30. The van der Waals surface area contributed by atoms with Gasteiger partial charge in [-0.1, -0.05) is 121 Å². The zero-order valence-corrected chi connectivity index (χ0v) is 28.5. The molecule has 53 heavy (non-hydrogen) atoms. The molecule has 0 unspecified atom stereocenters. The number of para-hydroxylation sites is 2. The number of nitriles is 1. The highest BCUT2D eigenvalue weighted by molar-refractivity contribution is 6.12. The second-order valence-electron chi connectivity index (χ2n) is 13.4. The van der Waals surface area contributed by atoms with E-state index in [2.05, 4.69) is 149 Å². The molecule has 0 bridgehead atoms. The van der Waals surface area contributed by atoms with Gasteiger partial charge in [0, 0.05) is 21.5 Å². The summed E-state index contributed by atoms with van der Waals surface area (Å²) in [6.07, 6.45) is 0. The number of hydrogen-bond acceptors (Lipinski definition) is 1. The number of fused-ring (bicyclic) bond motifs is 6. The lowest BCUT2D eigenvalue weighted by molar-refractivity contribution is 0.628. The first-order valence-electron chi connectivity index (χ1n) is 17.7. The van der Waals surface area contributed by atoms with Crippen molar-refractivity contribution in [3.8, 4) is 50.8 Å². The van der Waals surface area contributed by atoms with Crippen LogP contribution in [0, 0.1) is 17.1 Å². The van der Waals surface area contributed by atoms with Crippen LogP contribution < -0.4 is 0 Å². The lowest BCUT2D eigenvalue weighted by atomic mass is 9.99. The maximum Gasteiger partial charge on any atom is 0.123 e. The summed E-state index contributed by atoms with van der Waals surface area (Å²) in [5, 5.41) is 15.6. The molecule has 2 aromatic heterocycles. The normalized spacial score (nSPS) is 11.5. The molecule has 2 heterocycles. The van der Waals surface area contributed by atoms with Crippen molar-refractivity contribution in [2.75, 3.05) is 0 Å². The molecule has 10 rings (SSSR count). The van der Waals surface area contributed by atoms with Gasteiger partial charge in [-0.3, -0.25) is 0 Å². The number of aromatic nitrogens is 2. The Morgan fingerprint density at radius 1 is 0.358 bits per heavy atom. The standard InChI is InChI=1S/C49H30FN3/c50-38-23-19-34(20-24-38)37-29-48(52-44-17-9-7-15-39(44)41-27-35(21-25-46(41)52)32-11-3-1-4-12-32)43(31-51)49(30-37)53-45-18-10-8-16-40(45)42-28-36(22-26-47(42)53)33-13-5-2-6-14-33/h1-30H. The Bertz CT molecular complexity index is 2880.